The Morgan fingerprint density at radius 1 is 1.16 bits per heavy atom. The molecule has 2 aliphatic rings. The number of methoxy groups -OCH3 is 1. The van der Waals surface area contributed by atoms with Crippen molar-refractivity contribution in [1.82, 2.24) is 0 Å². The molecule has 7 heteroatoms. The molecule has 0 saturated heterocycles. The molecule has 1 aliphatic carbocycles. The minimum Gasteiger partial charge on any atom is -0.493 e. The molecule has 1 aromatic rings. The van der Waals surface area contributed by atoms with E-state index in [4.69, 9.17) is 14.2 Å². The van der Waals surface area contributed by atoms with E-state index in [1.165, 1.54) is 14.0 Å². The Bertz CT molecular complexity index is 988. The summed E-state index contributed by atoms with van der Waals surface area (Å²) in [4.78, 5) is 42.3. The highest BCUT2D eigenvalue weighted by Crippen LogP contribution is 2.48. The fourth-order valence-electron chi connectivity index (χ4n) is 4.54. The zero-order valence-electron chi connectivity index (χ0n) is 18.9. The average molecular weight is 427 g/mol. The quantitative estimate of drug-likeness (QED) is 0.521. The maximum Gasteiger partial charge on any atom is 0.336 e. The van der Waals surface area contributed by atoms with Gasteiger partial charge in [-0.3, -0.25) is 14.6 Å². The maximum atomic E-state index is 13.3. The van der Waals surface area contributed by atoms with Gasteiger partial charge in [-0.25, -0.2) is 4.79 Å². The van der Waals surface area contributed by atoms with Crippen molar-refractivity contribution in [1.29, 1.82) is 0 Å². The number of nitrogens with zero attached hydrogens (tertiary/aromatic N) is 1. The highest BCUT2D eigenvalue weighted by Gasteiger charge is 2.47. The molecule has 1 aromatic carbocycles. The van der Waals surface area contributed by atoms with Gasteiger partial charge in [-0.05, 0) is 43.4 Å². The lowest BCUT2D eigenvalue weighted by atomic mass is 9.63. The molecule has 1 aliphatic heterocycles. The van der Waals surface area contributed by atoms with Gasteiger partial charge in [0.2, 0.25) is 0 Å². The minimum atomic E-state index is -0.546. The zero-order chi connectivity index (χ0) is 22.9. The first-order valence-electron chi connectivity index (χ1n) is 10.4. The number of esters is 2. The molecule has 0 radical (unpaired) electrons. The van der Waals surface area contributed by atoms with E-state index in [0.717, 1.165) is 5.71 Å². The second kappa shape index (κ2) is 8.65. The van der Waals surface area contributed by atoms with Crippen molar-refractivity contribution >= 4 is 23.4 Å². The van der Waals surface area contributed by atoms with Crippen molar-refractivity contribution in [3.8, 4) is 11.5 Å². The average Bonchev–Trinajstić information content (AvgIpc) is 2.65. The van der Waals surface area contributed by atoms with Gasteiger partial charge in [0, 0.05) is 30.7 Å². The molecule has 3 rings (SSSR count). The van der Waals surface area contributed by atoms with E-state index in [-0.39, 0.29) is 23.6 Å². The molecule has 7 nitrogen and oxygen atoms in total. The van der Waals surface area contributed by atoms with Crippen LogP contribution in [0.1, 0.15) is 58.9 Å². The standard InChI is InChI=1S/C24H29NO6/c1-7-30-23(28)20-13(2)25-16-11-24(4,5)12-17(27)22(16)21(20)15-8-9-18(31-14(3)26)19(10-15)29-6/h8-10,21-22H,7,11-12H2,1-6H3/t21-,22-/m1/s1. The van der Waals surface area contributed by atoms with Crippen LogP contribution in [0.2, 0.25) is 0 Å². The molecule has 1 fully saturated rings. The van der Waals surface area contributed by atoms with Gasteiger partial charge in [0.15, 0.2) is 11.5 Å². The second-order valence-corrected chi connectivity index (χ2v) is 8.77. The lowest BCUT2D eigenvalue weighted by molar-refractivity contribution is -0.139. The van der Waals surface area contributed by atoms with Crippen molar-refractivity contribution in [2.45, 2.75) is 53.4 Å². The van der Waals surface area contributed by atoms with Crippen LogP contribution in [0.5, 0.6) is 11.5 Å². The molecular weight excluding hydrogens is 398 g/mol. The Hall–Kier alpha value is -2.96. The van der Waals surface area contributed by atoms with Crippen LogP contribution in [0.3, 0.4) is 0 Å². The molecule has 31 heavy (non-hydrogen) atoms. The van der Waals surface area contributed by atoms with Crippen molar-refractivity contribution in [3.63, 3.8) is 0 Å². The first kappa shape index (κ1) is 22.7. The van der Waals surface area contributed by atoms with Gasteiger partial charge in [0.1, 0.15) is 5.78 Å². The molecule has 0 amide bonds. The van der Waals surface area contributed by atoms with E-state index in [9.17, 15) is 14.4 Å². The number of carbonyl (C=O) groups is 3. The number of ketones is 1. The SMILES string of the molecule is CCOC(=O)C1=C(C)N=C2CC(C)(C)CC(=O)[C@@H]2[C@@H]1c1ccc(OC(C)=O)c(OC)c1. The minimum absolute atomic E-state index is 0.0531. The lowest BCUT2D eigenvalue weighted by Crippen LogP contribution is -2.44. The molecule has 2 atom stereocenters. The largest absolute Gasteiger partial charge is 0.493 e. The summed E-state index contributed by atoms with van der Waals surface area (Å²) in [5.74, 6) is -1.36. The van der Waals surface area contributed by atoms with Crippen LogP contribution in [0.15, 0.2) is 34.5 Å². The summed E-state index contributed by atoms with van der Waals surface area (Å²) < 4.78 is 15.9. The summed E-state index contributed by atoms with van der Waals surface area (Å²) in [6, 6.07) is 5.09. The van der Waals surface area contributed by atoms with Crippen molar-refractivity contribution in [2.75, 3.05) is 13.7 Å². The third-order valence-corrected chi connectivity index (χ3v) is 5.66. The summed E-state index contributed by atoms with van der Waals surface area (Å²) in [6.45, 7) is 9.15. The predicted molar refractivity (Wildman–Crippen MR) is 115 cm³/mol. The number of hydrogen-bond donors (Lipinski definition) is 0. The molecule has 0 unspecified atom stereocenters. The smallest absolute Gasteiger partial charge is 0.336 e. The lowest BCUT2D eigenvalue weighted by Gasteiger charge is -2.41. The van der Waals surface area contributed by atoms with Crippen LogP contribution >= 0.6 is 0 Å². The first-order chi connectivity index (χ1) is 14.6. The summed E-state index contributed by atoms with van der Waals surface area (Å²) >= 11 is 0. The second-order valence-electron chi connectivity index (χ2n) is 8.77. The van der Waals surface area contributed by atoms with Gasteiger partial charge < -0.3 is 14.2 Å². The molecule has 0 N–H and O–H groups in total. The van der Waals surface area contributed by atoms with Crippen LogP contribution in [0.25, 0.3) is 0 Å². The highest BCUT2D eigenvalue weighted by atomic mass is 16.6. The number of ether oxygens (including phenoxy) is 3. The first-order valence-corrected chi connectivity index (χ1v) is 10.4. The highest BCUT2D eigenvalue weighted by molar-refractivity contribution is 6.12. The molecule has 1 heterocycles. The summed E-state index contributed by atoms with van der Waals surface area (Å²) in [7, 11) is 1.47. The Morgan fingerprint density at radius 2 is 1.87 bits per heavy atom. The zero-order valence-corrected chi connectivity index (χ0v) is 18.9. The monoisotopic (exact) mass is 427 g/mol. The van der Waals surface area contributed by atoms with E-state index in [1.54, 1.807) is 32.0 Å². The fraction of sp³-hybridized carbons (Fsp3) is 0.500. The van der Waals surface area contributed by atoms with Crippen LogP contribution in [0, 0.1) is 11.3 Å². The van der Waals surface area contributed by atoms with Crippen LogP contribution in [-0.2, 0) is 19.1 Å². The Kier molecular flexibility index (Phi) is 6.34. The predicted octanol–water partition coefficient (Wildman–Crippen LogP) is 4.00. The number of fused-ring (bicyclic) bond motifs is 1. The van der Waals surface area contributed by atoms with Crippen molar-refractivity contribution < 1.29 is 28.6 Å². The van der Waals surface area contributed by atoms with Gasteiger partial charge in [-0.2, -0.15) is 0 Å². The third kappa shape index (κ3) is 4.55. The number of rotatable bonds is 5. The normalized spacial score (nSPS) is 22.4. The van der Waals surface area contributed by atoms with Crippen LogP contribution in [-0.4, -0.2) is 37.2 Å². The van der Waals surface area contributed by atoms with E-state index < -0.39 is 23.8 Å². The van der Waals surface area contributed by atoms with Gasteiger partial charge in [0.05, 0.1) is 25.2 Å². The molecular formula is C24H29NO6. The van der Waals surface area contributed by atoms with Gasteiger partial charge in [0.25, 0.3) is 0 Å². The van der Waals surface area contributed by atoms with Crippen LogP contribution in [0.4, 0.5) is 0 Å². The Labute approximate surface area is 182 Å². The van der Waals surface area contributed by atoms with Gasteiger partial charge in [-0.15, -0.1) is 0 Å². The van der Waals surface area contributed by atoms with Crippen molar-refractivity contribution in [3.05, 3.63) is 35.0 Å². The summed E-state index contributed by atoms with van der Waals surface area (Å²) in [5.41, 5.74) is 2.25. The Morgan fingerprint density at radius 3 is 2.48 bits per heavy atom. The fourth-order valence-corrected chi connectivity index (χ4v) is 4.54. The summed E-state index contributed by atoms with van der Waals surface area (Å²) in [6.07, 6.45) is 1.08. The van der Waals surface area contributed by atoms with Gasteiger partial charge >= 0.3 is 11.9 Å². The van der Waals surface area contributed by atoms with Gasteiger partial charge in [-0.1, -0.05) is 19.9 Å². The molecule has 0 bridgehead atoms. The number of hydrogen-bond acceptors (Lipinski definition) is 7. The molecule has 0 spiro atoms. The topological polar surface area (TPSA) is 91.3 Å². The molecule has 1 saturated carbocycles. The number of aliphatic imine (C=N–C) groups is 1. The molecule has 166 valence electrons. The van der Waals surface area contributed by atoms with Crippen molar-refractivity contribution in [2.24, 2.45) is 16.3 Å². The molecule has 0 aromatic heterocycles. The number of allylic oxidation sites excluding steroid dienone is 1. The number of benzene rings is 1. The van der Waals surface area contributed by atoms with E-state index in [1.807, 2.05) is 0 Å². The third-order valence-electron chi connectivity index (χ3n) is 5.66. The Balaban J connectivity index is 2.17. The van der Waals surface area contributed by atoms with E-state index in [0.29, 0.717) is 35.4 Å². The van der Waals surface area contributed by atoms with E-state index in [2.05, 4.69) is 18.8 Å². The van der Waals surface area contributed by atoms with Crippen LogP contribution < -0.4 is 9.47 Å². The summed E-state index contributed by atoms with van der Waals surface area (Å²) in [5, 5.41) is 0. The van der Waals surface area contributed by atoms with E-state index >= 15 is 0 Å². The maximum absolute atomic E-state index is 13.3. The number of carbonyl (C=O) groups excluding carboxylic acids is 3. The number of Topliss-reactive ketones (excluding diaryl/α,β-unsaturated/α-hetero) is 1.